The first-order valence-corrected chi connectivity index (χ1v) is 6.38. The van der Waals surface area contributed by atoms with Crippen LogP contribution in [0, 0.1) is 5.92 Å². The quantitative estimate of drug-likeness (QED) is 0.822. The van der Waals surface area contributed by atoms with Crippen molar-refractivity contribution in [2.75, 3.05) is 13.7 Å². The van der Waals surface area contributed by atoms with Gasteiger partial charge in [0.1, 0.15) is 11.6 Å². The molecule has 0 saturated carbocycles. The van der Waals surface area contributed by atoms with Crippen LogP contribution >= 0.6 is 0 Å². The fraction of sp³-hybridized carbons (Fsp3) is 0.833. The van der Waals surface area contributed by atoms with Crippen LogP contribution in [0.5, 0.6) is 0 Å². The van der Waals surface area contributed by atoms with Crippen molar-refractivity contribution in [2.45, 2.75) is 45.3 Å². The number of nitrogens with two attached hydrogens (primary N) is 1. The molecule has 1 aromatic rings. The summed E-state index contributed by atoms with van der Waals surface area (Å²) >= 11 is 0. The second-order valence-corrected chi connectivity index (χ2v) is 4.86. The minimum Gasteiger partial charge on any atom is -0.382 e. The average Bonchev–Trinajstić information content (AvgIpc) is 2.77. The second-order valence-electron chi connectivity index (χ2n) is 4.86. The maximum atomic E-state index is 5.71. The van der Waals surface area contributed by atoms with Crippen molar-refractivity contribution >= 4 is 0 Å². The van der Waals surface area contributed by atoms with E-state index >= 15 is 0 Å². The van der Waals surface area contributed by atoms with Gasteiger partial charge >= 0.3 is 0 Å². The number of fused-ring (bicyclic) bond motifs is 1. The number of aromatic nitrogens is 3. The highest BCUT2D eigenvalue weighted by molar-refractivity contribution is 5.01. The van der Waals surface area contributed by atoms with Gasteiger partial charge in [-0.1, -0.05) is 0 Å². The van der Waals surface area contributed by atoms with Gasteiger partial charge in [0.05, 0.1) is 6.10 Å². The van der Waals surface area contributed by atoms with Crippen molar-refractivity contribution in [3.05, 3.63) is 11.6 Å². The van der Waals surface area contributed by atoms with E-state index in [9.17, 15) is 0 Å². The molecule has 5 heteroatoms. The molecule has 0 aromatic carbocycles. The van der Waals surface area contributed by atoms with Crippen LogP contribution < -0.4 is 5.73 Å². The monoisotopic (exact) mass is 238 g/mol. The van der Waals surface area contributed by atoms with Crippen LogP contribution in [0.2, 0.25) is 0 Å². The van der Waals surface area contributed by atoms with E-state index in [4.69, 9.17) is 10.5 Å². The molecule has 0 saturated heterocycles. The lowest BCUT2D eigenvalue weighted by Gasteiger charge is -2.22. The first-order valence-electron chi connectivity index (χ1n) is 6.38. The topological polar surface area (TPSA) is 66.0 Å². The maximum absolute atomic E-state index is 5.71. The SMILES string of the molecule is COC(C)CCc1nnc2n1CCC(CN)C2. The molecular formula is C12H22N4O. The number of aryl methyl sites for hydroxylation is 1. The van der Waals surface area contributed by atoms with E-state index in [1.807, 2.05) is 0 Å². The standard InChI is InChI=1S/C12H22N4O/c1-9(17-2)3-4-11-14-15-12-7-10(8-13)5-6-16(11)12/h9-10H,3-8,13H2,1-2H3. The Balaban J connectivity index is 1.99. The Morgan fingerprint density at radius 2 is 2.35 bits per heavy atom. The zero-order valence-electron chi connectivity index (χ0n) is 10.7. The largest absolute Gasteiger partial charge is 0.382 e. The fourth-order valence-corrected chi connectivity index (χ4v) is 2.29. The van der Waals surface area contributed by atoms with Gasteiger partial charge in [0.25, 0.3) is 0 Å². The first kappa shape index (κ1) is 12.5. The van der Waals surface area contributed by atoms with Gasteiger partial charge in [0.15, 0.2) is 0 Å². The zero-order valence-corrected chi connectivity index (χ0v) is 10.7. The van der Waals surface area contributed by atoms with Crippen LogP contribution in [-0.4, -0.2) is 34.5 Å². The molecule has 1 aromatic heterocycles. The van der Waals surface area contributed by atoms with E-state index in [0.29, 0.717) is 5.92 Å². The van der Waals surface area contributed by atoms with Crippen LogP contribution in [0.4, 0.5) is 0 Å². The molecule has 0 aliphatic carbocycles. The van der Waals surface area contributed by atoms with E-state index in [0.717, 1.165) is 50.4 Å². The third-order valence-corrected chi connectivity index (χ3v) is 3.65. The number of hydrogen-bond donors (Lipinski definition) is 1. The van der Waals surface area contributed by atoms with Crippen LogP contribution in [0.25, 0.3) is 0 Å². The Bertz CT molecular complexity index is 363. The van der Waals surface area contributed by atoms with Gasteiger partial charge in [-0.05, 0) is 32.2 Å². The van der Waals surface area contributed by atoms with Crippen LogP contribution in [0.3, 0.4) is 0 Å². The van der Waals surface area contributed by atoms with Crippen LogP contribution in [0.15, 0.2) is 0 Å². The molecule has 0 bridgehead atoms. The first-order chi connectivity index (χ1) is 8.24. The van der Waals surface area contributed by atoms with Crippen LogP contribution in [0.1, 0.15) is 31.4 Å². The molecule has 1 aliphatic heterocycles. The lowest BCUT2D eigenvalue weighted by Crippen LogP contribution is -2.26. The Morgan fingerprint density at radius 1 is 1.53 bits per heavy atom. The summed E-state index contributed by atoms with van der Waals surface area (Å²) in [6, 6.07) is 0. The third-order valence-electron chi connectivity index (χ3n) is 3.65. The fourth-order valence-electron chi connectivity index (χ4n) is 2.29. The van der Waals surface area contributed by atoms with E-state index in [2.05, 4.69) is 21.7 Å². The summed E-state index contributed by atoms with van der Waals surface area (Å²) in [5.74, 6) is 2.78. The number of hydrogen-bond acceptors (Lipinski definition) is 4. The lowest BCUT2D eigenvalue weighted by atomic mass is 9.98. The van der Waals surface area contributed by atoms with Gasteiger partial charge in [-0.15, -0.1) is 10.2 Å². The van der Waals surface area contributed by atoms with Gasteiger partial charge in [0, 0.05) is 26.5 Å². The maximum Gasteiger partial charge on any atom is 0.133 e. The summed E-state index contributed by atoms with van der Waals surface area (Å²) in [6.07, 6.45) is 4.34. The molecular weight excluding hydrogens is 216 g/mol. The normalized spacial score (nSPS) is 21.2. The summed E-state index contributed by atoms with van der Waals surface area (Å²) in [5.41, 5.74) is 5.71. The third kappa shape index (κ3) is 2.84. The Morgan fingerprint density at radius 3 is 3.06 bits per heavy atom. The van der Waals surface area contributed by atoms with Crippen molar-refractivity contribution in [1.29, 1.82) is 0 Å². The summed E-state index contributed by atoms with van der Waals surface area (Å²) < 4.78 is 7.51. The van der Waals surface area contributed by atoms with Crippen molar-refractivity contribution in [1.82, 2.24) is 14.8 Å². The van der Waals surface area contributed by atoms with Crippen molar-refractivity contribution in [3.8, 4) is 0 Å². The Kier molecular flexibility index (Phi) is 4.12. The Hall–Kier alpha value is -0.940. The molecule has 0 spiro atoms. The summed E-state index contributed by atoms with van der Waals surface area (Å²) in [7, 11) is 1.75. The molecule has 96 valence electrons. The van der Waals surface area contributed by atoms with Gasteiger partial charge in [0.2, 0.25) is 0 Å². The minimum absolute atomic E-state index is 0.281. The number of nitrogens with zero attached hydrogens (tertiary/aromatic N) is 3. The second kappa shape index (κ2) is 5.60. The molecule has 2 N–H and O–H groups in total. The van der Waals surface area contributed by atoms with E-state index in [1.165, 1.54) is 0 Å². The smallest absolute Gasteiger partial charge is 0.133 e. The molecule has 0 fully saturated rings. The molecule has 5 nitrogen and oxygen atoms in total. The zero-order chi connectivity index (χ0) is 12.3. The number of methoxy groups -OCH3 is 1. The summed E-state index contributed by atoms with van der Waals surface area (Å²) in [5, 5.41) is 8.56. The predicted octanol–water partition coefficient (Wildman–Crippen LogP) is 0.767. The minimum atomic E-state index is 0.281. The molecule has 1 aliphatic rings. The Labute approximate surface area is 102 Å². The number of rotatable bonds is 5. The predicted molar refractivity (Wildman–Crippen MR) is 65.7 cm³/mol. The molecule has 0 amide bonds. The van der Waals surface area contributed by atoms with E-state index < -0.39 is 0 Å². The van der Waals surface area contributed by atoms with Crippen LogP contribution in [-0.2, 0) is 24.1 Å². The summed E-state index contributed by atoms with van der Waals surface area (Å²) in [6.45, 7) is 3.85. The van der Waals surface area contributed by atoms with Crippen molar-refractivity contribution in [2.24, 2.45) is 11.7 Å². The summed E-state index contributed by atoms with van der Waals surface area (Å²) in [4.78, 5) is 0. The van der Waals surface area contributed by atoms with Gasteiger partial charge in [-0.2, -0.15) is 0 Å². The van der Waals surface area contributed by atoms with Gasteiger partial charge in [-0.25, -0.2) is 0 Å². The molecule has 2 unspecified atom stereocenters. The molecule has 2 heterocycles. The highest BCUT2D eigenvalue weighted by atomic mass is 16.5. The van der Waals surface area contributed by atoms with E-state index in [-0.39, 0.29) is 6.10 Å². The molecule has 0 radical (unpaired) electrons. The van der Waals surface area contributed by atoms with Crippen molar-refractivity contribution < 1.29 is 4.74 Å². The average molecular weight is 238 g/mol. The number of ether oxygens (including phenoxy) is 1. The van der Waals surface area contributed by atoms with Gasteiger partial charge in [-0.3, -0.25) is 0 Å². The molecule has 2 rings (SSSR count). The lowest BCUT2D eigenvalue weighted by molar-refractivity contribution is 0.110. The highest BCUT2D eigenvalue weighted by Crippen LogP contribution is 2.20. The van der Waals surface area contributed by atoms with E-state index in [1.54, 1.807) is 7.11 Å². The van der Waals surface area contributed by atoms with Gasteiger partial charge < -0.3 is 15.0 Å². The highest BCUT2D eigenvalue weighted by Gasteiger charge is 2.21. The molecule has 2 atom stereocenters. The van der Waals surface area contributed by atoms with Crippen molar-refractivity contribution in [3.63, 3.8) is 0 Å². The molecule has 17 heavy (non-hydrogen) atoms.